The molecule has 0 aliphatic rings. The van der Waals surface area contributed by atoms with E-state index in [2.05, 4.69) is 4.98 Å². The number of ether oxygens (including phenoxy) is 1. The molecule has 0 bridgehead atoms. The fraction of sp³-hybridized carbons (Fsp3) is 0.154. The van der Waals surface area contributed by atoms with Crippen LogP contribution in [-0.4, -0.2) is 12.1 Å². The summed E-state index contributed by atoms with van der Waals surface area (Å²) in [5, 5.41) is 1.06. The lowest BCUT2D eigenvalue weighted by Crippen LogP contribution is -1.94. The van der Waals surface area contributed by atoms with Gasteiger partial charge in [-0.2, -0.15) is 0 Å². The average Bonchev–Trinajstić information content (AvgIpc) is 2.35. The van der Waals surface area contributed by atoms with Crippen LogP contribution in [0.3, 0.4) is 0 Å². The van der Waals surface area contributed by atoms with Crippen molar-refractivity contribution in [1.29, 1.82) is 0 Å². The van der Waals surface area contributed by atoms with Gasteiger partial charge in [0.2, 0.25) is 0 Å². The molecule has 0 aliphatic carbocycles. The summed E-state index contributed by atoms with van der Waals surface area (Å²) in [4.78, 5) is 4.11. The van der Waals surface area contributed by atoms with Crippen LogP contribution < -0.4 is 10.5 Å². The number of hydrogen-bond acceptors (Lipinski definition) is 3. The Bertz CT molecular complexity index is 600. The molecule has 1 aromatic heterocycles. The van der Waals surface area contributed by atoms with E-state index in [1.807, 2.05) is 13.0 Å². The average molecular weight is 283 g/mol. The molecule has 0 saturated heterocycles. The van der Waals surface area contributed by atoms with Gasteiger partial charge in [-0.25, -0.2) is 4.98 Å². The highest BCUT2D eigenvalue weighted by Gasteiger charge is 2.10. The summed E-state index contributed by atoms with van der Waals surface area (Å²) in [7, 11) is 1.55. The summed E-state index contributed by atoms with van der Waals surface area (Å²) in [5.74, 6) is 1.06. The van der Waals surface area contributed by atoms with Crippen molar-refractivity contribution in [3.05, 3.63) is 40.0 Å². The van der Waals surface area contributed by atoms with Crippen LogP contribution in [0, 0.1) is 6.92 Å². The zero-order valence-corrected chi connectivity index (χ0v) is 11.5. The number of methoxy groups -OCH3 is 1. The Morgan fingerprint density at radius 1 is 1.17 bits per heavy atom. The fourth-order valence-electron chi connectivity index (χ4n) is 1.64. The quantitative estimate of drug-likeness (QED) is 0.907. The Hall–Kier alpha value is -1.45. The second-order valence-corrected chi connectivity index (χ2v) is 4.71. The van der Waals surface area contributed by atoms with Crippen molar-refractivity contribution >= 4 is 29.0 Å². The van der Waals surface area contributed by atoms with Crippen molar-refractivity contribution in [2.75, 3.05) is 12.8 Å². The highest BCUT2D eigenvalue weighted by atomic mass is 35.5. The van der Waals surface area contributed by atoms with Gasteiger partial charge in [-0.05, 0) is 24.6 Å². The van der Waals surface area contributed by atoms with Gasteiger partial charge in [-0.15, -0.1) is 0 Å². The SMILES string of the molecule is COc1cc(Cl)c(-c2cnc(N)c(C)c2)cc1Cl. The predicted molar refractivity (Wildman–Crippen MR) is 75.4 cm³/mol. The van der Waals surface area contributed by atoms with E-state index in [1.54, 1.807) is 25.4 Å². The Labute approximate surface area is 115 Å². The van der Waals surface area contributed by atoms with E-state index < -0.39 is 0 Å². The molecule has 0 radical (unpaired) electrons. The Morgan fingerprint density at radius 2 is 1.89 bits per heavy atom. The van der Waals surface area contributed by atoms with Crippen LogP contribution in [0.5, 0.6) is 5.75 Å². The highest BCUT2D eigenvalue weighted by molar-refractivity contribution is 6.36. The van der Waals surface area contributed by atoms with Gasteiger partial charge < -0.3 is 10.5 Å². The van der Waals surface area contributed by atoms with E-state index in [0.717, 1.165) is 16.7 Å². The lowest BCUT2D eigenvalue weighted by Gasteiger charge is -2.10. The maximum absolute atomic E-state index is 6.21. The number of halogens is 2. The first-order valence-electron chi connectivity index (χ1n) is 5.28. The second kappa shape index (κ2) is 5.04. The zero-order valence-electron chi connectivity index (χ0n) is 10.00. The van der Waals surface area contributed by atoms with Crippen molar-refractivity contribution in [3.63, 3.8) is 0 Å². The molecule has 1 heterocycles. The van der Waals surface area contributed by atoms with E-state index in [9.17, 15) is 0 Å². The van der Waals surface area contributed by atoms with Crippen LogP contribution in [0.1, 0.15) is 5.56 Å². The summed E-state index contributed by atoms with van der Waals surface area (Å²) in [6.07, 6.45) is 1.67. The minimum atomic E-state index is 0.506. The number of nitrogen functional groups attached to an aromatic ring is 1. The lowest BCUT2D eigenvalue weighted by atomic mass is 10.1. The third-order valence-electron chi connectivity index (χ3n) is 2.67. The third-order valence-corrected chi connectivity index (χ3v) is 3.28. The molecule has 3 nitrogen and oxygen atoms in total. The topological polar surface area (TPSA) is 48.1 Å². The van der Waals surface area contributed by atoms with Crippen LogP contribution in [-0.2, 0) is 0 Å². The highest BCUT2D eigenvalue weighted by Crippen LogP contribution is 2.36. The number of benzene rings is 1. The van der Waals surface area contributed by atoms with Gasteiger partial charge in [0.05, 0.1) is 17.2 Å². The van der Waals surface area contributed by atoms with Crippen molar-refractivity contribution in [3.8, 4) is 16.9 Å². The number of aryl methyl sites for hydroxylation is 1. The van der Waals surface area contributed by atoms with Gasteiger partial charge in [0, 0.05) is 23.4 Å². The molecule has 0 spiro atoms. The molecular weight excluding hydrogens is 271 g/mol. The van der Waals surface area contributed by atoms with Gasteiger partial charge in [0.1, 0.15) is 11.6 Å². The standard InChI is InChI=1S/C13H12Cl2N2O/c1-7-3-8(6-17-13(7)16)9-4-11(15)12(18-2)5-10(9)14/h3-6H,1-2H3,(H2,16,17). The molecule has 5 heteroatoms. The van der Waals surface area contributed by atoms with E-state index in [-0.39, 0.29) is 0 Å². The minimum Gasteiger partial charge on any atom is -0.495 e. The molecule has 94 valence electrons. The number of anilines is 1. The Morgan fingerprint density at radius 3 is 2.50 bits per heavy atom. The van der Waals surface area contributed by atoms with Crippen molar-refractivity contribution in [2.24, 2.45) is 0 Å². The number of aromatic nitrogens is 1. The Kier molecular flexibility index (Phi) is 3.64. The molecule has 2 rings (SSSR count). The Balaban J connectivity index is 2.57. The van der Waals surface area contributed by atoms with E-state index in [0.29, 0.717) is 21.6 Å². The van der Waals surface area contributed by atoms with Crippen molar-refractivity contribution < 1.29 is 4.74 Å². The molecule has 0 saturated carbocycles. The zero-order chi connectivity index (χ0) is 13.3. The number of nitrogens with two attached hydrogens (primary N) is 1. The molecule has 0 amide bonds. The maximum atomic E-state index is 6.21. The second-order valence-electron chi connectivity index (χ2n) is 3.89. The number of rotatable bonds is 2. The fourth-order valence-corrected chi connectivity index (χ4v) is 2.14. The van der Waals surface area contributed by atoms with Crippen LogP contribution in [0.4, 0.5) is 5.82 Å². The first kappa shape index (κ1) is 13.0. The van der Waals surface area contributed by atoms with Gasteiger partial charge in [-0.1, -0.05) is 23.2 Å². The summed E-state index contributed by atoms with van der Waals surface area (Å²) in [6, 6.07) is 5.37. The van der Waals surface area contributed by atoms with E-state index in [1.165, 1.54) is 0 Å². The molecule has 0 fully saturated rings. The number of nitrogens with zero attached hydrogens (tertiary/aromatic N) is 1. The number of pyridine rings is 1. The van der Waals surface area contributed by atoms with Crippen molar-refractivity contribution in [1.82, 2.24) is 4.98 Å². The third kappa shape index (κ3) is 2.37. The molecular formula is C13H12Cl2N2O. The monoisotopic (exact) mass is 282 g/mol. The van der Waals surface area contributed by atoms with E-state index in [4.69, 9.17) is 33.7 Å². The molecule has 0 atom stereocenters. The van der Waals surface area contributed by atoms with Gasteiger partial charge in [0.25, 0.3) is 0 Å². The summed E-state index contributed by atoms with van der Waals surface area (Å²) >= 11 is 12.3. The normalized spacial score (nSPS) is 10.4. The first-order chi connectivity index (χ1) is 8.52. The largest absolute Gasteiger partial charge is 0.495 e. The summed E-state index contributed by atoms with van der Waals surface area (Å²) in [6.45, 7) is 1.89. The molecule has 2 aromatic rings. The summed E-state index contributed by atoms with van der Waals surface area (Å²) in [5.41, 5.74) is 8.26. The maximum Gasteiger partial charge on any atom is 0.138 e. The predicted octanol–water partition coefficient (Wildman–Crippen LogP) is 3.95. The molecule has 18 heavy (non-hydrogen) atoms. The first-order valence-corrected chi connectivity index (χ1v) is 6.04. The van der Waals surface area contributed by atoms with Crippen LogP contribution >= 0.6 is 23.2 Å². The van der Waals surface area contributed by atoms with Gasteiger partial charge in [0.15, 0.2) is 0 Å². The lowest BCUT2D eigenvalue weighted by molar-refractivity contribution is 0.415. The number of hydrogen-bond donors (Lipinski definition) is 1. The van der Waals surface area contributed by atoms with Gasteiger partial charge >= 0.3 is 0 Å². The van der Waals surface area contributed by atoms with Crippen LogP contribution in [0.15, 0.2) is 24.4 Å². The van der Waals surface area contributed by atoms with Gasteiger partial charge in [-0.3, -0.25) is 0 Å². The smallest absolute Gasteiger partial charge is 0.138 e. The molecule has 2 N–H and O–H groups in total. The molecule has 0 unspecified atom stereocenters. The van der Waals surface area contributed by atoms with E-state index >= 15 is 0 Å². The van der Waals surface area contributed by atoms with Crippen LogP contribution in [0.2, 0.25) is 10.0 Å². The van der Waals surface area contributed by atoms with Crippen LogP contribution in [0.25, 0.3) is 11.1 Å². The molecule has 1 aromatic carbocycles. The summed E-state index contributed by atoms with van der Waals surface area (Å²) < 4.78 is 5.11. The van der Waals surface area contributed by atoms with Crippen molar-refractivity contribution in [2.45, 2.75) is 6.92 Å². The minimum absolute atomic E-state index is 0.506. The molecule has 0 aliphatic heterocycles.